The quantitative estimate of drug-likeness (QED) is 0.751. The van der Waals surface area contributed by atoms with Gasteiger partial charge >= 0.3 is 0 Å². The second-order valence-electron chi connectivity index (χ2n) is 5.14. The van der Waals surface area contributed by atoms with Gasteiger partial charge in [0.25, 0.3) is 0 Å². The number of hydrogen-bond donors (Lipinski definition) is 2. The number of H-pyrrole nitrogens is 1. The van der Waals surface area contributed by atoms with E-state index in [0.717, 1.165) is 38.6 Å². The lowest BCUT2D eigenvalue weighted by Gasteiger charge is -2.04. The lowest BCUT2D eigenvalue weighted by Crippen LogP contribution is -2.27. The third-order valence-electron chi connectivity index (χ3n) is 3.45. The molecule has 1 aromatic carbocycles. The van der Waals surface area contributed by atoms with Gasteiger partial charge in [0.15, 0.2) is 0 Å². The number of aromatic nitrogens is 2. The highest BCUT2D eigenvalue weighted by Crippen LogP contribution is 2.22. The number of halogens is 1. The summed E-state index contributed by atoms with van der Waals surface area (Å²) in [5.41, 5.74) is 3.05. The number of thiazole rings is 1. The Hall–Kier alpha value is -1.85. The fourth-order valence-electron chi connectivity index (χ4n) is 2.41. The molecule has 2 heterocycles. The number of carbonyl (C=O) groups excluding carboxylic acids is 1. The molecule has 114 valence electrons. The molecule has 0 aliphatic rings. The average molecular weight is 334 g/mol. The van der Waals surface area contributed by atoms with Gasteiger partial charge in [-0.3, -0.25) is 4.79 Å². The molecule has 0 aliphatic heterocycles. The van der Waals surface area contributed by atoms with Crippen LogP contribution in [-0.4, -0.2) is 22.4 Å². The normalized spacial score (nSPS) is 11.0. The van der Waals surface area contributed by atoms with Crippen LogP contribution in [0.5, 0.6) is 0 Å². The number of benzene rings is 1. The summed E-state index contributed by atoms with van der Waals surface area (Å²) in [6.07, 6.45) is 3.07. The molecule has 4 nitrogen and oxygen atoms in total. The molecule has 6 heteroatoms. The number of fused-ring (bicyclic) bond motifs is 1. The lowest BCUT2D eigenvalue weighted by atomic mass is 10.1. The zero-order valence-corrected chi connectivity index (χ0v) is 13.7. The van der Waals surface area contributed by atoms with Crippen LogP contribution in [-0.2, 0) is 17.6 Å². The maximum Gasteiger partial charge on any atom is 0.226 e. The Balaban J connectivity index is 1.55. The predicted octanol–water partition coefficient (Wildman–Crippen LogP) is 3.49. The molecule has 3 aromatic rings. The van der Waals surface area contributed by atoms with E-state index in [9.17, 15) is 4.79 Å². The average Bonchev–Trinajstić information content (AvgIpc) is 3.05. The molecule has 0 saturated heterocycles. The highest BCUT2D eigenvalue weighted by Gasteiger charge is 2.08. The summed E-state index contributed by atoms with van der Waals surface area (Å²) in [6, 6.07) is 5.77. The van der Waals surface area contributed by atoms with Crippen LogP contribution in [0.15, 0.2) is 29.8 Å². The van der Waals surface area contributed by atoms with E-state index < -0.39 is 0 Å². The minimum Gasteiger partial charge on any atom is -0.361 e. The molecule has 2 aromatic heterocycles. The molecule has 0 radical (unpaired) electrons. The summed E-state index contributed by atoms with van der Waals surface area (Å²) >= 11 is 7.60. The van der Waals surface area contributed by atoms with E-state index in [1.807, 2.05) is 36.7 Å². The van der Waals surface area contributed by atoms with Gasteiger partial charge < -0.3 is 10.3 Å². The third kappa shape index (κ3) is 3.48. The number of aromatic amines is 1. The number of rotatable bonds is 5. The first kappa shape index (κ1) is 15.1. The van der Waals surface area contributed by atoms with E-state index in [1.54, 1.807) is 11.3 Å². The standard InChI is InChI=1S/C16H16ClN3OS/c1-10-20-13(9-22-10)7-16(21)18-5-4-11-8-19-15-3-2-12(17)6-14(11)15/h2-3,6,8-9,19H,4-5,7H2,1H3,(H,18,21). The molecule has 0 fully saturated rings. The van der Waals surface area contributed by atoms with Crippen LogP contribution in [0.1, 0.15) is 16.3 Å². The van der Waals surface area contributed by atoms with Crippen molar-refractivity contribution in [1.82, 2.24) is 15.3 Å². The van der Waals surface area contributed by atoms with Gasteiger partial charge in [-0.25, -0.2) is 4.98 Å². The van der Waals surface area contributed by atoms with Crippen LogP contribution < -0.4 is 5.32 Å². The molecule has 3 rings (SSSR count). The maximum absolute atomic E-state index is 11.9. The predicted molar refractivity (Wildman–Crippen MR) is 90.6 cm³/mol. The molecule has 0 saturated carbocycles. The largest absolute Gasteiger partial charge is 0.361 e. The molecule has 1 amide bonds. The molecule has 0 atom stereocenters. The summed E-state index contributed by atoms with van der Waals surface area (Å²) < 4.78 is 0. The van der Waals surface area contributed by atoms with Crippen molar-refractivity contribution in [2.24, 2.45) is 0 Å². The first-order chi connectivity index (χ1) is 10.6. The number of nitrogens with one attached hydrogen (secondary N) is 2. The third-order valence-corrected chi connectivity index (χ3v) is 4.51. The van der Waals surface area contributed by atoms with Crippen molar-refractivity contribution in [3.8, 4) is 0 Å². The van der Waals surface area contributed by atoms with Crippen LogP contribution >= 0.6 is 22.9 Å². The fraction of sp³-hybridized carbons (Fsp3) is 0.250. The molecule has 0 spiro atoms. The zero-order chi connectivity index (χ0) is 15.5. The summed E-state index contributed by atoms with van der Waals surface area (Å²) in [5.74, 6) is 0.00294. The number of carbonyl (C=O) groups is 1. The Kier molecular flexibility index (Phi) is 4.45. The molecular formula is C16H16ClN3OS. The number of hydrogen-bond acceptors (Lipinski definition) is 3. The van der Waals surface area contributed by atoms with Crippen molar-refractivity contribution in [1.29, 1.82) is 0 Å². The summed E-state index contributed by atoms with van der Waals surface area (Å²) in [6.45, 7) is 2.54. The highest BCUT2D eigenvalue weighted by atomic mass is 35.5. The van der Waals surface area contributed by atoms with Crippen LogP contribution in [0.2, 0.25) is 5.02 Å². The minimum absolute atomic E-state index is 0.00294. The van der Waals surface area contributed by atoms with Gasteiger partial charge in [0.1, 0.15) is 0 Å². The Labute approximate surface area is 137 Å². The highest BCUT2D eigenvalue weighted by molar-refractivity contribution is 7.09. The van der Waals surface area contributed by atoms with Crippen molar-refractivity contribution < 1.29 is 4.79 Å². The summed E-state index contributed by atoms with van der Waals surface area (Å²) in [5, 5.41) is 7.68. The van der Waals surface area contributed by atoms with E-state index in [0.29, 0.717) is 13.0 Å². The van der Waals surface area contributed by atoms with E-state index in [2.05, 4.69) is 15.3 Å². The fourth-order valence-corrected chi connectivity index (χ4v) is 3.20. The van der Waals surface area contributed by atoms with Gasteiger partial charge in [0.2, 0.25) is 5.91 Å². The van der Waals surface area contributed by atoms with Crippen molar-refractivity contribution in [2.45, 2.75) is 19.8 Å². The van der Waals surface area contributed by atoms with Crippen LogP contribution in [0, 0.1) is 6.92 Å². The summed E-state index contributed by atoms with van der Waals surface area (Å²) in [4.78, 5) is 19.4. The minimum atomic E-state index is 0.00294. The van der Waals surface area contributed by atoms with Crippen LogP contribution in [0.4, 0.5) is 0 Å². The van der Waals surface area contributed by atoms with Gasteiger partial charge in [-0.2, -0.15) is 0 Å². The topological polar surface area (TPSA) is 57.8 Å². The van der Waals surface area contributed by atoms with Crippen molar-refractivity contribution >= 4 is 39.7 Å². The molecule has 2 N–H and O–H groups in total. The lowest BCUT2D eigenvalue weighted by molar-refractivity contribution is -0.120. The monoisotopic (exact) mass is 333 g/mol. The smallest absolute Gasteiger partial charge is 0.226 e. The van der Waals surface area contributed by atoms with Gasteiger partial charge in [0.05, 0.1) is 17.1 Å². The number of nitrogens with zero attached hydrogens (tertiary/aromatic N) is 1. The van der Waals surface area contributed by atoms with Crippen molar-refractivity contribution in [3.05, 3.63) is 51.1 Å². The second-order valence-corrected chi connectivity index (χ2v) is 6.64. The van der Waals surface area contributed by atoms with Crippen molar-refractivity contribution in [3.63, 3.8) is 0 Å². The Morgan fingerprint density at radius 1 is 1.45 bits per heavy atom. The summed E-state index contributed by atoms with van der Waals surface area (Å²) in [7, 11) is 0. The Morgan fingerprint density at radius 2 is 2.32 bits per heavy atom. The zero-order valence-electron chi connectivity index (χ0n) is 12.1. The van der Waals surface area contributed by atoms with E-state index in [1.165, 1.54) is 0 Å². The van der Waals surface area contributed by atoms with Gasteiger partial charge in [0, 0.05) is 34.0 Å². The first-order valence-corrected chi connectivity index (χ1v) is 8.31. The van der Waals surface area contributed by atoms with Crippen LogP contribution in [0.25, 0.3) is 10.9 Å². The second kappa shape index (κ2) is 6.50. The molecule has 0 unspecified atom stereocenters. The van der Waals surface area contributed by atoms with E-state index in [-0.39, 0.29) is 5.91 Å². The SMILES string of the molecule is Cc1nc(CC(=O)NCCc2c[nH]c3ccc(Cl)cc23)cs1. The molecule has 22 heavy (non-hydrogen) atoms. The van der Waals surface area contributed by atoms with Gasteiger partial charge in [-0.1, -0.05) is 11.6 Å². The van der Waals surface area contributed by atoms with Gasteiger partial charge in [-0.05, 0) is 37.1 Å². The maximum atomic E-state index is 11.9. The molecule has 0 bridgehead atoms. The van der Waals surface area contributed by atoms with E-state index >= 15 is 0 Å². The first-order valence-electron chi connectivity index (χ1n) is 7.05. The Morgan fingerprint density at radius 3 is 3.09 bits per heavy atom. The number of amides is 1. The van der Waals surface area contributed by atoms with Crippen molar-refractivity contribution in [2.75, 3.05) is 6.54 Å². The molecular weight excluding hydrogens is 318 g/mol. The molecule has 0 aliphatic carbocycles. The van der Waals surface area contributed by atoms with E-state index in [4.69, 9.17) is 11.6 Å². The van der Waals surface area contributed by atoms with Crippen LogP contribution in [0.3, 0.4) is 0 Å². The number of aryl methyl sites for hydroxylation is 1. The Bertz CT molecular complexity index is 809. The van der Waals surface area contributed by atoms with Gasteiger partial charge in [-0.15, -0.1) is 11.3 Å².